The van der Waals surface area contributed by atoms with Gasteiger partial charge in [-0.05, 0) is 12.4 Å². The first-order valence-electron chi connectivity index (χ1n) is 9.20. The summed E-state index contributed by atoms with van der Waals surface area (Å²) < 4.78 is 1.78. The van der Waals surface area contributed by atoms with Crippen molar-refractivity contribution in [3.05, 3.63) is 38.5 Å². The Labute approximate surface area is 184 Å². The zero-order valence-electron chi connectivity index (χ0n) is 17.1. The molecule has 168 valence electrons. The summed E-state index contributed by atoms with van der Waals surface area (Å²) in [6.07, 6.45) is 1.57. The fourth-order valence-corrected chi connectivity index (χ4v) is 3.15. The van der Waals surface area contributed by atoms with E-state index in [1.807, 2.05) is 4.98 Å². The molecule has 33 heavy (non-hydrogen) atoms. The standard InChI is InChI=1S/C18H16BN7O7/c1-5-4-21-26-7(20-2)3-6(23-14(5)26)22-9-12(29)13(30)18(33)25(17(9)32)15-10(27)8(19)11(28)16(31)24-15/h3-4,20,27-30,32H,1-2H3,(H,22,23)(H,24,31). The molecule has 0 atom stereocenters. The van der Waals surface area contributed by atoms with Gasteiger partial charge in [-0.2, -0.15) is 9.61 Å². The molecule has 2 radical (unpaired) electrons. The van der Waals surface area contributed by atoms with Gasteiger partial charge in [0, 0.05) is 18.7 Å². The Hall–Kier alpha value is -4.82. The molecule has 8 N–H and O–H groups in total. The van der Waals surface area contributed by atoms with E-state index in [2.05, 4.69) is 20.7 Å². The average Bonchev–Trinajstić information content (AvgIpc) is 3.17. The number of rotatable bonds is 4. The Morgan fingerprint density at radius 3 is 2.42 bits per heavy atom. The summed E-state index contributed by atoms with van der Waals surface area (Å²) in [6.45, 7) is 1.76. The first-order valence-corrected chi connectivity index (χ1v) is 9.20. The third-order valence-electron chi connectivity index (χ3n) is 4.86. The lowest BCUT2D eigenvalue weighted by Crippen LogP contribution is -2.26. The summed E-state index contributed by atoms with van der Waals surface area (Å²) in [5.41, 5.74) is -2.82. The summed E-state index contributed by atoms with van der Waals surface area (Å²) in [5.74, 6) is -5.48. The molecule has 4 aromatic rings. The monoisotopic (exact) mass is 453 g/mol. The van der Waals surface area contributed by atoms with Crippen molar-refractivity contribution in [2.45, 2.75) is 6.92 Å². The maximum Gasteiger partial charge on any atom is 0.305 e. The molecule has 0 amide bonds. The van der Waals surface area contributed by atoms with Crippen molar-refractivity contribution in [1.29, 1.82) is 0 Å². The van der Waals surface area contributed by atoms with E-state index in [0.717, 1.165) is 0 Å². The van der Waals surface area contributed by atoms with Gasteiger partial charge in [-0.25, -0.2) is 9.55 Å². The summed E-state index contributed by atoms with van der Waals surface area (Å²) in [5, 5.41) is 60.7. The van der Waals surface area contributed by atoms with Crippen LogP contribution in [0.2, 0.25) is 0 Å². The van der Waals surface area contributed by atoms with Crippen LogP contribution >= 0.6 is 0 Å². The maximum absolute atomic E-state index is 12.6. The fraction of sp³-hybridized carbons (Fsp3) is 0.111. The van der Waals surface area contributed by atoms with E-state index in [4.69, 9.17) is 7.85 Å². The molecule has 0 saturated heterocycles. The number of aromatic nitrogens is 5. The Bertz CT molecular complexity index is 1560. The van der Waals surface area contributed by atoms with Crippen LogP contribution in [0.25, 0.3) is 11.5 Å². The number of aromatic amines is 1. The topological polar surface area (TPSA) is 210 Å². The normalized spacial score (nSPS) is 11.1. The van der Waals surface area contributed by atoms with E-state index in [-0.39, 0.29) is 10.4 Å². The second-order valence-electron chi connectivity index (χ2n) is 6.91. The number of hydrogen-bond acceptors (Lipinski definition) is 11. The Balaban J connectivity index is 1.97. The predicted octanol–water partition coefficient (Wildman–Crippen LogP) is -1.02. The van der Waals surface area contributed by atoms with Crippen molar-refractivity contribution < 1.29 is 25.5 Å². The number of H-pyrrole nitrogens is 1. The van der Waals surface area contributed by atoms with Crippen LogP contribution in [0.1, 0.15) is 5.56 Å². The molecule has 0 bridgehead atoms. The molecular formula is C18H16BN7O7. The smallest absolute Gasteiger partial charge is 0.305 e. The number of fused-ring (bicyclic) bond motifs is 1. The zero-order valence-corrected chi connectivity index (χ0v) is 17.1. The van der Waals surface area contributed by atoms with E-state index in [1.165, 1.54) is 10.6 Å². The number of anilines is 3. The lowest BCUT2D eigenvalue weighted by atomic mass is 9.95. The first-order chi connectivity index (χ1) is 15.6. The van der Waals surface area contributed by atoms with Gasteiger partial charge in [0.1, 0.15) is 25.2 Å². The molecule has 0 spiro atoms. The minimum atomic E-state index is -1.41. The lowest BCUT2D eigenvalue weighted by Gasteiger charge is -2.17. The maximum atomic E-state index is 12.6. The molecule has 14 nitrogen and oxygen atoms in total. The van der Waals surface area contributed by atoms with E-state index in [1.54, 1.807) is 20.2 Å². The van der Waals surface area contributed by atoms with Crippen LogP contribution in [0.3, 0.4) is 0 Å². The van der Waals surface area contributed by atoms with Gasteiger partial charge < -0.3 is 41.2 Å². The molecule has 0 aromatic carbocycles. The highest BCUT2D eigenvalue weighted by Crippen LogP contribution is 2.41. The molecule has 4 heterocycles. The predicted molar refractivity (Wildman–Crippen MR) is 117 cm³/mol. The second kappa shape index (κ2) is 7.40. The quantitative estimate of drug-likeness (QED) is 0.175. The fourth-order valence-electron chi connectivity index (χ4n) is 3.15. The van der Waals surface area contributed by atoms with Gasteiger partial charge in [0.15, 0.2) is 28.7 Å². The SMILES string of the molecule is [B]c1c(O)c(-n2c(O)c(Nc3cc(NC)n4ncc(C)c4n3)c(O)c(O)c2=O)[nH]c(=O)c1O. The highest BCUT2D eigenvalue weighted by molar-refractivity contribution is 6.36. The van der Waals surface area contributed by atoms with Crippen molar-refractivity contribution >= 4 is 36.3 Å². The third-order valence-corrected chi connectivity index (χ3v) is 4.86. The summed E-state index contributed by atoms with van der Waals surface area (Å²) >= 11 is 0. The Morgan fingerprint density at radius 2 is 1.76 bits per heavy atom. The van der Waals surface area contributed by atoms with Gasteiger partial charge in [0.2, 0.25) is 11.6 Å². The van der Waals surface area contributed by atoms with Crippen LogP contribution in [0.4, 0.5) is 17.3 Å². The van der Waals surface area contributed by atoms with Gasteiger partial charge in [-0.15, -0.1) is 0 Å². The summed E-state index contributed by atoms with van der Waals surface area (Å²) in [7, 11) is 7.10. The highest BCUT2D eigenvalue weighted by Gasteiger charge is 2.26. The molecule has 0 saturated carbocycles. The van der Waals surface area contributed by atoms with Crippen LogP contribution < -0.4 is 27.2 Å². The van der Waals surface area contributed by atoms with Crippen molar-refractivity contribution in [3.63, 3.8) is 0 Å². The van der Waals surface area contributed by atoms with Gasteiger partial charge in [0.25, 0.3) is 5.56 Å². The minimum Gasteiger partial charge on any atom is -0.505 e. The van der Waals surface area contributed by atoms with Crippen molar-refractivity contribution in [2.24, 2.45) is 0 Å². The summed E-state index contributed by atoms with van der Waals surface area (Å²) in [6, 6.07) is 1.46. The van der Waals surface area contributed by atoms with Gasteiger partial charge in [-0.3, -0.25) is 9.59 Å². The van der Waals surface area contributed by atoms with E-state index >= 15 is 0 Å². The average molecular weight is 453 g/mol. The lowest BCUT2D eigenvalue weighted by molar-refractivity contribution is 0.376. The molecule has 15 heteroatoms. The molecule has 0 aliphatic heterocycles. The van der Waals surface area contributed by atoms with Crippen LogP contribution in [-0.2, 0) is 0 Å². The largest absolute Gasteiger partial charge is 0.505 e. The van der Waals surface area contributed by atoms with Crippen molar-refractivity contribution in [2.75, 3.05) is 17.7 Å². The molecule has 0 aliphatic carbocycles. The zero-order chi connectivity index (χ0) is 24.2. The minimum absolute atomic E-state index is 0.0635. The van der Waals surface area contributed by atoms with Gasteiger partial charge >= 0.3 is 5.56 Å². The van der Waals surface area contributed by atoms with E-state index in [0.29, 0.717) is 17.0 Å². The number of nitrogens with zero attached hydrogens (tertiary/aromatic N) is 4. The van der Waals surface area contributed by atoms with Crippen LogP contribution in [0.15, 0.2) is 21.9 Å². The third kappa shape index (κ3) is 3.13. The first kappa shape index (κ1) is 21.4. The molecule has 4 rings (SSSR count). The van der Waals surface area contributed by atoms with Crippen molar-refractivity contribution in [1.82, 2.24) is 24.1 Å². The number of pyridine rings is 2. The van der Waals surface area contributed by atoms with Crippen LogP contribution in [0, 0.1) is 6.92 Å². The molecule has 4 aromatic heterocycles. The second-order valence-corrected chi connectivity index (χ2v) is 6.91. The van der Waals surface area contributed by atoms with Gasteiger partial charge in [-0.1, -0.05) is 0 Å². The molecule has 0 fully saturated rings. The number of hydrogen-bond donors (Lipinski definition) is 8. The summed E-state index contributed by atoms with van der Waals surface area (Å²) in [4.78, 5) is 30.8. The van der Waals surface area contributed by atoms with E-state index < -0.39 is 57.0 Å². The van der Waals surface area contributed by atoms with Crippen LogP contribution in [-0.4, -0.2) is 64.6 Å². The Morgan fingerprint density at radius 1 is 1.06 bits per heavy atom. The van der Waals surface area contributed by atoms with Crippen molar-refractivity contribution in [3.8, 4) is 34.7 Å². The molecular weight excluding hydrogens is 437 g/mol. The number of aromatic hydroxyl groups is 5. The van der Waals surface area contributed by atoms with E-state index in [9.17, 15) is 35.1 Å². The molecule has 0 unspecified atom stereocenters. The number of nitrogens with one attached hydrogen (secondary N) is 3. The highest BCUT2D eigenvalue weighted by atomic mass is 16.3. The van der Waals surface area contributed by atoms with Crippen LogP contribution in [0.5, 0.6) is 28.9 Å². The number of aryl methyl sites for hydroxylation is 1. The Kier molecular flexibility index (Phi) is 4.80. The van der Waals surface area contributed by atoms with Gasteiger partial charge in [0.05, 0.1) is 6.20 Å². The molecule has 0 aliphatic rings.